The van der Waals surface area contributed by atoms with Gasteiger partial charge in [0.15, 0.2) is 0 Å². The number of hydrogen-bond acceptors (Lipinski definition) is 7. The van der Waals surface area contributed by atoms with Crippen LogP contribution in [0.3, 0.4) is 0 Å². The molecule has 0 saturated carbocycles. The smallest absolute Gasteiger partial charge is 0.276 e. The van der Waals surface area contributed by atoms with Crippen LogP contribution in [-0.4, -0.2) is 40.7 Å². The molecule has 0 spiro atoms. The van der Waals surface area contributed by atoms with E-state index in [-0.39, 0.29) is 0 Å². The molecule has 1 N–H and O–H groups in total. The highest BCUT2D eigenvalue weighted by atomic mass is 32.2. The number of ether oxygens (including phenoxy) is 1. The minimum absolute atomic E-state index is 0.413. The normalized spacial score (nSPS) is 16.2. The second-order valence-corrected chi connectivity index (χ2v) is 5.30. The number of hydrogen-bond donors (Lipinski definition) is 1. The molecule has 0 unspecified atom stereocenters. The largest absolute Gasteiger partial charge is 0.411 e. The molecule has 2 aromatic heterocycles. The van der Waals surface area contributed by atoms with Gasteiger partial charge < -0.3 is 14.5 Å². The van der Waals surface area contributed by atoms with Crippen LogP contribution in [0.2, 0.25) is 0 Å². The summed E-state index contributed by atoms with van der Waals surface area (Å²) in [7, 11) is 0. The van der Waals surface area contributed by atoms with Gasteiger partial charge >= 0.3 is 0 Å². The van der Waals surface area contributed by atoms with Gasteiger partial charge in [0.05, 0.1) is 0 Å². The number of nitrogens with zero attached hydrogens (tertiary/aromatic N) is 3. The molecular weight excluding hydrogens is 276 g/mol. The van der Waals surface area contributed by atoms with Crippen molar-refractivity contribution in [3.05, 3.63) is 18.3 Å². The van der Waals surface area contributed by atoms with Crippen LogP contribution in [0.15, 0.2) is 28.0 Å². The molecule has 0 amide bonds. The van der Waals surface area contributed by atoms with E-state index in [2.05, 4.69) is 20.5 Å². The van der Waals surface area contributed by atoms with Crippen LogP contribution in [0.5, 0.6) is 0 Å². The van der Waals surface area contributed by atoms with Crippen LogP contribution in [0.1, 0.15) is 12.8 Å². The Morgan fingerprint density at radius 3 is 2.90 bits per heavy atom. The Labute approximate surface area is 121 Å². The lowest BCUT2D eigenvalue weighted by atomic mass is 10.1. The fourth-order valence-electron chi connectivity index (χ4n) is 2.10. The highest BCUT2D eigenvalue weighted by Crippen LogP contribution is 2.23. The Bertz CT molecular complexity index is 569. The third kappa shape index (κ3) is 3.10. The van der Waals surface area contributed by atoms with Crippen LogP contribution in [0, 0.1) is 0 Å². The predicted molar refractivity (Wildman–Crippen MR) is 76.8 cm³/mol. The molecule has 2 aromatic rings. The molecule has 106 valence electrons. The molecule has 0 radical (unpaired) electrons. The van der Waals surface area contributed by atoms with Gasteiger partial charge in [0.1, 0.15) is 5.82 Å². The number of nitrogens with one attached hydrogen (secondary N) is 1. The number of pyridine rings is 1. The Hall–Kier alpha value is -1.60. The lowest BCUT2D eigenvalue weighted by Gasteiger charge is -2.23. The quantitative estimate of drug-likeness (QED) is 0.868. The van der Waals surface area contributed by atoms with Crippen molar-refractivity contribution in [2.24, 2.45) is 0 Å². The van der Waals surface area contributed by atoms with E-state index in [0.29, 0.717) is 17.2 Å². The van der Waals surface area contributed by atoms with E-state index in [1.54, 1.807) is 6.20 Å². The summed E-state index contributed by atoms with van der Waals surface area (Å²) in [5.74, 6) is 1.35. The first-order chi connectivity index (χ1) is 9.85. The van der Waals surface area contributed by atoms with Gasteiger partial charge in [-0.15, -0.1) is 10.2 Å². The lowest BCUT2D eigenvalue weighted by Crippen LogP contribution is -2.28. The van der Waals surface area contributed by atoms with Crippen LogP contribution in [-0.2, 0) is 4.74 Å². The molecule has 0 aromatic carbocycles. The first-order valence-electron chi connectivity index (χ1n) is 6.53. The van der Waals surface area contributed by atoms with E-state index < -0.39 is 0 Å². The molecule has 1 aliphatic heterocycles. The van der Waals surface area contributed by atoms with Gasteiger partial charge in [-0.1, -0.05) is 11.8 Å². The summed E-state index contributed by atoms with van der Waals surface area (Å²) in [5, 5.41) is 12.0. The number of rotatable bonds is 4. The number of aromatic nitrogens is 3. The van der Waals surface area contributed by atoms with Gasteiger partial charge in [-0.05, 0) is 31.2 Å². The Morgan fingerprint density at radius 2 is 2.15 bits per heavy atom. The average molecular weight is 292 g/mol. The second kappa shape index (κ2) is 6.23. The maximum atomic E-state index is 5.53. The molecule has 3 heterocycles. The van der Waals surface area contributed by atoms with Crippen molar-refractivity contribution in [3.8, 4) is 11.5 Å². The lowest BCUT2D eigenvalue weighted by molar-refractivity contribution is 0.0904. The van der Waals surface area contributed by atoms with E-state index in [1.807, 2.05) is 18.4 Å². The van der Waals surface area contributed by atoms with E-state index in [9.17, 15) is 0 Å². The van der Waals surface area contributed by atoms with Crippen molar-refractivity contribution >= 4 is 17.6 Å². The van der Waals surface area contributed by atoms with Crippen LogP contribution >= 0.6 is 11.8 Å². The van der Waals surface area contributed by atoms with Crippen molar-refractivity contribution in [2.75, 3.05) is 24.8 Å². The van der Waals surface area contributed by atoms with Crippen LogP contribution in [0.25, 0.3) is 11.5 Å². The number of anilines is 1. The highest BCUT2D eigenvalue weighted by molar-refractivity contribution is 7.98. The summed E-state index contributed by atoms with van der Waals surface area (Å²) < 4.78 is 10.9. The monoisotopic (exact) mass is 292 g/mol. The fraction of sp³-hybridized carbons (Fsp3) is 0.462. The molecule has 1 saturated heterocycles. The van der Waals surface area contributed by atoms with E-state index >= 15 is 0 Å². The minimum atomic E-state index is 0.413. The molecule has 1 aliphatic rings. The molecule has 1 fully saturated rings. The summed E-state index contributed by atoms with van der Waals surface area (Å²) in [4.78, 5) is 4.34. The molecule has 20 heavy (non-hydrogen) atoms. The van der Waals surface area contributed by atoms with Crippen LogP contribution < -0.4 is 5.32 Å². The van der Waals surface area contributed by atoms with Crippen molar-refractivity contribution in [1.29, 1.82) is 0 Å². The fourth-order valence-corrected chi connectivity index (χ4v) is 2.39. The summed E-state index contributed by atoms with van der Waals surface area (Å²) >= 11 is 1.43. The summed E-state index contributed by atoms with van der Waals surface area (Å²) in [6.07, 6.45) is 5.66. The SMILES string of the molecule is CSc1nnc(-c2ccnc(NC3CCOCC3)c2)o1. The third-order valence-electron chi connectivity index (χ3n) is 3.16. The van der Waals surface area contributed by atoms with Gasteiger partial charge in [0.2, 0.25) is 5.89 Å². The first kappa shape index (κ1) is 13.4. The maximum Gasteiger partial charge on any atom is 0.276 e. The number of thioether (sulfide) groups is 1. The van der Waals surface area contributed by atoms with E-state index in [0.717, 1.165) is 37.4 Å². The Kier molecular flexibility index (Phi) is 4.17. The molecule has 6 nitrogen and oxygen atoms in total. The summed E-state index contributed by atoms with van der Waals surface area (Å²) in [6.45, 7) is 1.61. The van der Waals surface area contributed by atoms with Gasteiger partial charge in [-0.3, -0.25) is 0 Å². The standard InChI is InChI=1S/C13H16N4O2S/c1-20-13-17-16-12(19-13)9-2-5-14-11(8-9)15-10-3-6-18-7-4-10/h2,5,8,10H,3-4,6-7H2,1H3,(H,14,15). The Balaban J connectivity index is 1.74. The first-order valence-corrected chi connectivity index (χ1v) is 7.76. The highest BCUT2D eigenvalue weighted by Gasteiger charge is 2.15. The van der Waals surface area contributed by atoms with Crippen molar-refractivity contribution in [1.82, 2.24) is 15.2 Å². The topological polar surface area (TPSA) is 73.1 Å². The van der Waals surface area contributed by atoms with E-state index in [4.69, 9.17) is 9.15 Å². The predicted octanol–water partition coefficient (Wildman–Crippen LogP) is 2.44. The molecule has 0 bridgehead atoms. The van der Waals surface area contributed by atoms with Crippen molar-refractivity contribution in [3.63, 3.8) is 0 Å². The van der Waals surface area contributed by atoms with Crippen LogP contribution in [0.4, 0.5) is 5.82 Å². The zero-order valence-electron chi connectivity index (χ0n) is 11.2. The maximum absolute atomic E-state index is 5.53. The minimum Gasteiger partial charge on any atom is -0.411 e. The zero-order chi connectivity index (χ0) is 13.8. The van der Waals surface area contributed by atoms with Gasteiger partial charge in [-0.25, -0.2) is 4.98 Å². The summed E-state index contributed by atoms with van der Waals surface area (Å²) in [5.41, 5.74) is 0.877. The van der Waals surface area contributed by atoms with Crippen molar-refractivity contribution < 1.29 is 9.15 Å². The average Bonchev–Trinajstić information content (AvgIpc) is 2.98. The summed E-state index contributed by atoms with van der Waals surface area (Å²) in [6, 6.07) is 4.22. The third-order valence-corrected chi connectivity index (χ3v) is 3.68. The van der Waals surface area contributed by atoms with E-state index in [1.165, 1.54) is 11.8 Å². The molecule has 7 heteroatoms. The van der Waals surface area contributed by atoms with Gasteiger partial charge in [0.25, 0.3) is 5.22 Å². The second-order valence-electron chi connectivity index (χ2n) is 4.54. The van der Waals surface area contributed by atoms with Gasteiger partial charge in [-0.2, -0.15) is 0 Å². The van der Waals surface area contributed by atoms with Gasteiger partial charge in [0, 0.05) is 31.0 Å². The molecule has 3 rings (SSSR count). The zero-order valence-corrected chi connectivity index (χ0v) is 12.0. The molecular formula is C13H16N4O2S. The molecule has 0 aliphatic carbocycles. The van der Waals surface area contributed by atoms with Crippen molar-refractivity contribution in [2.45, 2.75) is 24.1 Å². The Morgan fingerprint density at radius 1 is 1.30 bits per heavy atom. The molecule has 0 atom stereocenters.